The average Bonchev–Trinajstić information content (AvgIpc) is 2.62. The Hall–Kier alpha value is 0. The van der Waals surface area contributed by atoms with Gasteiger partial charge >= 0.3 is 0 Å². The molecule has 2 saturated carbocycles. The van der Waals surface area contributed by atoms with Crippen LogP contribution in [0.5, 0.6) is 0 Å². The number of hydrogen-bond donors (Lipinski definition) is 0. The fourth-order valence-electron chi connectivity index (χ4n) is 1.52. The smallest absolute Gasteiger partial charge is 0.0238 e. The van der Waals surface area contributed by atoms with Gasteiger partial charge in [-0.2, -0.15) is 0 Å². The van der Waals surface area contributed by atoms with E-state index in [1.807, 2.05) is 0 Å². The van der Waals surface area contributed by atoms with Crippen molar-refractivity contribution < 1.29 is 0 Å². The van der Waals surface area contributed by atoms with Crippen LogP contribution in [-0.4, -0.2) is 0 Å². The van der Waals surface area contributed by atoms with Crippen molar-refractivity contribution in [2.75, 3.05) is 0 Å². The van der Waals surface area contributed by atoms with Crippen molar-refractivity contribution in [1.29, 1.82) is 0 Å². The topological polar surface area (TPSA) is 0 Å². The molecule has 0 heteroatoms. The summed E-state index contributed by atoms with van der Waals surface area (Å²) in [5, 5.41) is 0. The van der Waals surface area contributed by atoms with Crippen molar-refractivity contribution in [2.24, 2.45) is 11.8 Å². The van der Waals surface area contributed by atoms with Crippen LogP contribution in [0.1, 0.15) is 39.0 Å². The third-order valence-electron chi connectivity index (χ3n) is 2.58. The molecule has 0 N–H and O–H groups in total. The molecule has 51 valence electrons. The van der Waals surface area contributed by atoms with E-state index in [4.69, 9.17) is 0 Å². The van der Waals surface area contributed by atoms with Gasteiger partial charge in [0.05, 0.1) is 0 Å². The molecule has 0 spiro atoms. The van der Waals surface area contributed by atoms with E-state index in [1.165, 1.54) is 32.1 Å². The number of hydrogen-bond acceptors (Lipinski definition) is 0. The summed E-state index contributed by atoms with van der Waals surface area (Å²) in [5.41, 5.74) is 0. The SMILES string of the molecule is C[C](CC1CC1)C1CC1. The first-order valence-corrected chi connectivity index (χ1v) is 4.18. The molecule has 0 bridgehead atoms. The Kier molecular flexibility index (Phi) is 1.28. The molecule has 0 aromatic heterocycles. The van der Waals surface area contributed by atoms with Crippen molar-refractivity contribution in [1.82, 2.24) is 0 Å². The lowest BCUT2D eigenvalue weighted by Crippen LogP contribution is -1.94. The van der Waals surface area contributed by atoms with Gasteiger partial charge in [0.15, 0.2) is 0 Å². The monoisotopic (exact) mass is 123 g/mol. The van der Waals surface area contributed by atoms with Gasteiger partial charge in [-0.15, -0.1) is 0 Å². The van der Waals surface area contributed by atoms with Crippen molar-refractivity contribution in [3.63, 3.8) is 0 Å². The lowest BCUT2D eigenvalue weighted by atomic mass is 10.00. The molecule has 0 saturated heterocycles. The molecule has 2 aliphatic rings. The highest BCUT2D eigenvalue weighted by Gasteiger charge is 2.32. The van der Waals surface area contributed by atoms with Gasteiger partial charge in [0.25, 0.3) is 0 Å². The minimum atomic E-state index is 1.06. The molecule has 0 aliphatic heterocycles. The average molecular weight is 123 g/mol. The van der Waals surface area contributed by atoms with Crippen LogP contribution >= 0.6 is 0 Å². The minimum Gasteiger partial charge on any atom is -0.0588 e. The van der Waals surface area contributed by atoms with Crippen molar-refractivity contribution >= 4 is 0 Å². The fourth-order valence-corrected chi connectivity index (χ4v) is 1.52. The lowest BCUT2D eigenvalue weighted by molar-refractivity contribution is 0.662. The van der Waals surface area contributed by atoms with E-state index in [0.29, 0.717) is 0 Å². The summed E-state index contributed by atoms with van der Waals surface area (Å²) >= 11 is 0. The van der Waals surface area contributed by atoms with E-state index in [2.05, 4.69) is 6.92 Å². The van der Waals surface area contributed by atoms with Crippen molar-refractivity contribution in [3.8, 4) is 0 Å². The molecule has 2 fully saturated rings. The Morgan fingerprint density at radius 3 is 2.33 bits per heavy atom. The third kappa shape index (κ3) is 1.47. The third-order valence-corrected chi connectivity index (χ3v) is 2.58. The Balaban J connectivity index is 1.69. The van der Waals surface area contributed by atoms with Crippen LogP contribution in [-0.2, 0) is 0 Å². The molecular weight excluding hydrogens is 108 g/mol. The summed E-state index contributed by atoms with van der Waals surface area (Å²) in [7, 11) is 0. The fraction of sp³-hybridized carbons (Fsp3) is 0.889. The van der Waals surface area contributed by atoms with Crippen LogP contribution in [0.3, 0.4) is 0 Å². The van der Waals surface area contributed by atoms with Gasteiger partial charge < -0.3 is 0 Å². The molecular formula is C9H15. The normalized spacial score (nSPS) is 27.3. The van der Waals surface area contributed by atoms with E-state index in [-0.39, 0.29) is 0 Å². The molecule has 1 radical (unpaired) electrons. The Bertz CT molecular complexity index is 98.6. The number of rotatable bonds is 3. The van der Waals surface area contributed by atoms with Gasteiger partial charge in [-0.3, -0.25) is 0 Å². The highest BCUT2D eigenvalue weighted by atomic mass is 14.4. The second-order valence-electron chi connectivity index (χ2n) is 3.77. The van der Waals surface area contributed by atoms with Crippen LogP contribution in [0.2, 0.25) is 0 Å². The molecule has 0 amide bonds. The molecule has 0 aromatic carbocycles. The molecule has 0 nitrogen and oxygen atoms in total. The van der Waals surface area contributed by atoms with Crippen LogP contribution in [0.4, 0.5) is 0 Å². The summed E-state index contributed by atoms with van der Waals surface area (Å²) in [6.45, 7) is 2.36. The van der Waals surface area contributed by atoms with Crippen LogP contribution in [0.15, 0.2) is 0 Å². The second-order valence-corrected chi connectivity index (χ2v) is 3.77. The van der Waals surface area contributed by atoms with E-state index in [1.54, 1.807) is 5.92 Å². The highest BCUT2D eigenvalue weighted by Crippen LogP contribution is 2.45. The minimum absolute atomic E-state index is 1.06. The van der Waals surface area contributed by atoms with Gasteiger partial charge in [0.1, 0.15) is 0 Å². The van der Waals surface area contributed by atoms with Gasteiger partial charge in [-0.25, -0.2) is 0 Å². The molecule has 0 aromatic rings. The Morgan fingerprint density at radius 1 is 1.22 bits per heavy atom. The second kappa shape index (κ2) is 2.00. The molecule has 9 heavy (non-hydrogen) atoms. The maximum Gasteiger partial charge on any atom is -0.0238 e. The first kappa shape index (κ1) is 5.76. The first-order chi connectivity index (χ1) is 4.36. The van der Waals surface area contributed by atoms with E-state index >= 15 is 0 Å². The maximum absolute atomic E-state index is 2.36. The molecule has 0 heterocycles. The zero-order valence-electron chi connectivity index (χ0n) is 6.19. The first-order valence-electron chi connectivity index (χ1n) is 4.18. The highest BCUT2D eigenvalue weighted by molar-refractivity contribution is 5.02. The quantitative estimate of drug-likeness (QED) is 0.541. The summed E-state index contributed by atoms with van der Waals surface area (Å²) in [6, 6.07) is 0. The predicted molar refractivity (Wildman–Crippen MR) is 39.0 cm³/mol. The van der Waals surface area contributed by atoms with Gasteiger partial charge in [0, 0.05) is 0 Å². The van der Waals surface area contributed by atoms with Crippen LogP contribution in [0.25, 0.3) is 0 Å². The Morgan fingerprint density at radius 2 is 1.89 bits per heavy atom. The van der Waals surface area contributed by atoms with Crippen molar-refractivity contribution in [2.45, 2.75) is 39.0 Å². The summed E-state index contributed by atoms with van der Waals surface area (Å²) in [6.07, 6.45) is 7.50. The lowest BCUT2D eigenvalue weighted by Gasteiger charge is -2.05. The van der Waals surface area contributed by atoms with Gasteiger partial charge in [-0.05, 0) is 37.0 Å². The predicted octanol–water partition coefficient (Wildman–Crippen LogP) is 2.79. The summed E-state index contributed by atoms with van der Waals surface area (Å²) < 4.78 is 0. The van der Waals surface area contributed by atoms with Crippen molar-refractivity contribution in [3.05, 3.63) is 5.92 Å². The Labute approximate surface area is 57.6 Å². The molecule has 2 aliphatic carbocycles. The standard InChI is InChI=1S/C9H15/c1-7(9-4-5-9)6-8-2-3-8/h8-9H,2-6H2,1H3. The molecule has 0 atom stereocenters. The van der Waals surface area contributed by atoms with Crippen LogP contribution < -0.4 is 0 Å². The maximum atomic E-state index is 2.36. The van der Waals surface area contributed by atoms with E-state index in [9.17, 15) is 0 Å². The van der Waals surface area contributed by atoms with Crippen LogP contribution in [0, 0.1) is 17.8 Å². The largest absolute Gasteiger partial charge is 0.0588 e. The zero-order valence-corrected chi connectivity index (χ0v) is 6.19. The molecule has 2 rings (SSSR count). The molecule has 0 unspecified atom stereocenters. The van der Waals surface area contributed by atoms with E-state index in [0.717, 1.165) is 11.8 Å². The summed E-state index contributed by atoms with van der Waals surface area (Å²) in [4.78, 5) is 0. The van der Waals surface area contributed by atoms with Gasteiger partial charge in [0.2, 0.25) is 0 Å². The van der Waals surface area contributed by atoms with Gasteiger partial charge in [-0.1, -0.05) is 19.8 Å². The zero-order chi connectivity index (χ0) is 6.27. The summed E-state index contributed by atoms with van der Waals surface area (Å²) in [5.74, 6) is 3.98. The van der Waals surface area contributed by atoms with E-state index < -0.39 is 0 Å².